The third-order valence-corrected chi connectivity index (χ3v) is 2.50. The van der Waals surface area contributed by atoms with Crippen molar-refractivity contribution in [2.45, 2.75) is 59.5 Å². The summed E-state index contributed by atoms with van der Waals surface area (Å²) in [7, 11) is 0. The van der Waals surface area contributed by atoms with Gasteiger partial charge in [0, 0.05) is 24.2 Å². The maximum atomic E-state index is 5.81. The average Bonchev–Trinajstić information content (AvgIpc) is 2.45. The fraction of sp³-hybridized carbons (Fsp3) is 0.769. The molecule has 16 heavy (non-hydrogen) atoms. The molecule has 1 unspecified atom stereocenters. The Morgan fingerprint density at radius 2 is 1.81 bits per heavy atom. The third-order valence-electron chi connectivity index (χ3n) is 2.50. The molecule has 1 atom stereocenters. The maximum Gasteiger partial charge on any atom is 0.0642 e. The van der Waals surface area contributed by atoms with Gasteiger partial charge in [-0.05, 0) is 39.2 Å². The number of hydrogen-bond acceptors (Lipinski definition) is 2. The molecular weight excluding hydrogens is 198 g/mol. The van der Waals surface area contributed by atoms with Crippen LogP contribution in [0.2, 0.25) is 0 Å². The standard InChI is InChI=1S/C13H25N3/c1-9(2)6-13-8-12(7-11(5)14)15-16(13)10(3)4/h8-11H,6-7,14H2,1-5H3. The van der Waals surface area contributed by atoms with Gasteiger partial charge in [0.05, 0.1) is 5.69 Å². The Morgan fingerprint density at radius 1 is 1.19 bits per heavy atom. The van der Waals surface area contributed by atoms with E-state index in [4.69, 9.17) is 5.73 Å². The summed E-state index contributed by atoms with van der Waals surface area (Å²) in [5, 5.41) is 4.64. The Kier molecular flexibility index (Phi) is 4.54. The summed E-state index contributed by atoms with van der Waals surface area (Å²) >= 11 is 0. The molecule has 3 heteroatoms. The van der Waals surface area contributed by atoms with Crippen molar-refractivity contribution in [1.29, 1.82) is 0 Å². The van der Waals surface area contributed by atoms with Crippen LogP contribution in [0, 0.1) is 5.92 Å². The van der Waals surface area contributed by atoms with Gasteiger partial charge in [-0.2, -0.15) is 5.10 Å². The Hall–Kier alpha value is -0.830. The lowest BCUT2D eigenvalue weighted by molar-refractivity contribution is 0.484. The molecule has 0 amide bonds. The van der Waals surface area contributed by atoms with Crippen LogP contribution in [-0.4, -0.2) is 15.8 Å². The zero-order valence-electron chi connectivity index (χ0n) is 11.2. The molecule has 0 aliphatic carbocycles. The van der Waals surface area contributed by atoms with Crippen LogP contribution in [0.25, 0.3) is 0 Å². The monoisotopic (exact) mass is 223 g/mol. The van der Waals surface area contributed by atoms with Crippen LogP contribution in [0.3, 0.4) is 0 Å². The quantitative estimate of drug-likeness (QED) is 0.833. The molecule has 0 aromatic carbocycles. The van der Waals surface area contributed by atoms with E-state index in [1.165, 1.54) is 5.69 Å². The van der Waals surface area contributed by atoms with E-state index in [2.05, 4.69) is 43.5 Å². The zero-order valence-corrected chi connectivity index (χ0v) is 11.2. The highest BCUT2D eigenvalue weighted by Gasteiger charge is 2.12. The van der Waals surface area contributed by atoms with Gasteiger partial charge in [-0.15, -0.1) is 0 Å². The van der Waals surface area contributed by atoms with E-state index in [1.807, 2.05) is 6.92 Å². The summed E-state index contributed by atoms with van der Waals surface area (Å²) in [6.07, 6.45) is 1.95. The third kappa shape index (κ3) is 3.63. The summed E-state index contributed by atoms with van der Waals surface area (Å²) in [5.41, 5.74) is 8.27. The van der Waals surface area contributed by atoms with E-state index in [1.54, 1.807) is 0 Å². The highest BCUT2D eigenvalue weighted by atomic mass is 15.3. The molecule has 1 aromatic rings. The van der Waals surface area contributed by atoms with Crippen molar-refractivity contribution in [3.05, 3.63) is 17.5 Å². The van der Waals surface area contributed by atoms with Crippen molar-refractivity contribution in [2.24, 2.45) is 11.7 Å². The van der Waals surface area contributed by atoms with E-state index in [0.717, 1.165) is 18.5 Å². The van der Waals surface area contributed by atoms with Crippen molar-refractivity contribution in [2.75, 3.05) is 0 Å². The molecule has 1 heterocycles. The number of hydrogen-bond donors (Lipinski definition) is 1. The molecule has 0 spiro atoms. The first kappa shape index (κ1) is 13.2. The summed E-state index contributed by atoms with van der Waals surface area (Å²) in [4.78, 5) is 0. The zero-order chi connectivity index (χ0) is 12.3. The summed E-state index contributed by atoms with van der Waals surface area (Å²) < 4.78 is 2.14. The van der Waals surface area contributed by atoms with Crippen molar-refractivity contribution >= 4 is 0 Å². The van der Waals surface area contributed by atoms with Gasteiger partial charge in [-0.3, -0.25) is 4.68 Å². The molecule has 0 aliphatic heterocycles. The van der Waals surface area contributed by atoms with Crippen LogP contribution in [0.1, 0.15) is 52.0 Å². The van der Waals surface area contributed by atoms with Gasteiger partial charge >= 0.3 is 0 Å². The Morgan fingerprint density at radius 3 is 2.25 bits per heavy atom. The highest BCUT2D eigenvalue weighted by Crippen LogP contribution is 2.16. The fourth-order valence-corrected chi connectivity index (χ4v) is 1.94. The number of nitrogens with zero attached hydrogens (tertiary/aromatic N) is 2. The van der Waals surface area contributed by atoms with Crippen LogP contribution < -0.4 is 5.73 Å². The summed E-state index contributed by atoms with van der Waals surface area (Å²) in [6, 6.07) is 2.82. The smallest absolute Gasteiger partial charge is 0.0642 e. The van der Waals surface area contributed by atoms with Crippen molar-refractivity contribution in [1.82, 2.24) is 9.78 Å². The summed E-state index contributed by atoms with van der Waals surface area (Å²) in [6.45, 7) is 10.8. The molecule has 1 rings (SSSR count). The lowest BCUT2D eigenvalue weighted by Gasteiger charge is -2.12. The Labute approximate surface area is 99.0 Å². The van der Waals surface area contributed by atoms with Crippen molar-refractivity contribution < 1.29 is 0 Å². The fourth-order valence-electron chi connectivity index (χ4n) is 1.94. The predicted octanol–water partition coefficient (Wildman–Crippen LogP) is 2.55. The van der Waals surface area contributed by atoms with Crippen molar-refractivity contribution in [3.8, 4) is 0 Å². The van der Waals surface area contributed by atoms with Gasteiger partial charge in [0.2, 0.25) is 0 Å². The minimum atomic E-state index is 0.183. The van der Waals surface area contributed by atoms with Gasteiger partial charge in [0.25, 0.3) is 0 Å². The van der Waals surface area contributed by atoms with E-state index in [9.17, 15) is 0 Å². The van der Waals surface area contributed by atoms with Crippen LogP contribution in [-0.2, 0) is 12.8 Å². The second-order valence-corrected chi connectivity index (χ2v) is 5.44. The largest absolute Gasteiger partial charge is 0.328 e. The average molecular weight is 223 g/mol. The van der Waals surface area contributed by atoms with Gasteiger partial charge < -0.3 is 5.73 Å². The maximum absolute atomic E-state index is 5.81. The van der Waals surface area contributed by atoms with E-state index < -0.39 is 0 Å². The van der Waals surface area contributed by atoms with Gasteiger partial charge in [-0.25, -0.2) is 0 Å². The normalized spacial score (nSPS) is 13.8. The first-order valence-electron chi connectivity index (χ1n) is 6.23. The molecular formula is C13H25N3. The minimum absolute atomic E-state index is 0.183. The molecule has 2 N–H and O–H groups in total. The number of nitrogens with two attached hydrogens (primary N) is 1. The second kappa shape index (κ2) is 5.48. The van der Waals surface area contributed by atoms with Crippen LogP contribution in [0.5, 0.6) is 0 Å². The molecule has 1 aromatic heterocycles. The molecule has 0 saturated heterocycles. The summed E-state index contributed by atoms with van der Waals surface area (Å²) in [5.74, 6) is 0.664. The Bertz CT molecular complexity index is 324. The molecule has 3 nitrogen and oxygen atoms in total. The van der Waals surface area contributed by atoms with Crippen LogP contribution >= 0.6 is 0 Å². The minimum Gasteiger partial charge on any atom is -0.328 e. The van der Waals surface area contributed by atoms with E-state index in [-0.39, 0.29) is 6.04 Å². The van der Waals surface area contributed by atoms with Gasteiger partial charge in [0.15, 0.2) is 0 Å². The SMILES string of the molecule is CC(C)Cc1cc(CC(C)N)nn1C(C)C. The number of aromatic nitrogens is 2. The molecule has 0 bridgehead atoms. The van der Waals surface area contributed by atoms with Crippen molar-refractivity contribution in [3.63, 3.8) is 0 Å². The molecule has 0 fully saturated rings. The van der Waals surface area contributed by atoms with Crippen LogP contribution in [0.4, 0.5) is 0 Å². The molecule has 92 valence electrons. The predicted molar refractivity (Wildman–Crippen MR) is 68.5 cm³/mol. The number of rotatable bonds is 5. The first-order chi connectivity index (χ1) is 7.40. The van der Waals surface area contributed by atoms with Gasteiger partial charge in [-0.1, -0.05) is 13.8 Å². The van der Waals surface area contributed by atoms with E-state index >= 15 is 0 Å². The molecule has 0 aliphatic rings. The highest BCUT2D eigenvalue weighted by molar-refractivity contribution is 5.13. The first-order valence-corrected chi connectivity index (χ1v) is 6.23. The molecule has 0 saturated carbocycles. The van der Waals surface area contributed by atoms with Crippen LogP contribution in [0.15, 0.2) is 6.07 Å². The molecule has 0 radical (unpaired) electrons. The topological polar surface area (TPSA) is 43.8 Å². The lowest BCUT2D eigenvalue weighted by Crippen LogP contribution is -2.18. The van der Waals surface area contributed by atoms with Gasteiger partial charge in [0.1, 0.15) is 0 Å². The second-order valence-electron chi connectivity index (χ2n) is 5.44. The lowest BCUT2D eigenvalue weighted by atomic mass is 10.1. The van der Waals surface area contributed by atoms with E-state index in [0.29, 0.717) is 12.0 Å². The Balaban J connectivity index is 2.91.